The number of benzene rings is 1. The summed E-state index contributed by atoms with van der Waals surface area (Å²) in [6.45, 7) is 0. The van der Waals surface area contributed by atoms with Gasteiger partial charge in [0, 0.05) is 5.69 Å². The Hall–Kier alpha value is -1.85. The first-order valence-corrected chi connectivity index (χ1v) is 6.50. The summed E-state index contributed by atoms with van der Waals surface area (Å²) in [6.07, 6.45) is 1.53. The highest BCUT2D eigenvalue weighted by atomic mass is 35.5. The minimum Gasteiger partial charge on any atom is -0.399 e. The molecule has 3 rings (SSSR count). The second-order valence-corrected chi connectivity index (χ2v) is 5.03. The lowest BCUT2D eigenvalue weighted by molar-refractivity contribution is 1.23. The molecule has 0 aliphatic carbocycles. The molecule has 0 saturated heterocycles. The molecule has 1 aromatic carbocycles. The van der Waals surface area contributed by atoms with E-state index in [9.17, 15) is 0 Å². The second-order valence-electron chi connectivity index (χ2n) is 3.73. The summed E-state index contributed by atoms with van der Waals surface area (Å²) in [5, 5.41) is 6.74. The third-order valence-electron chi connectivity index (χ3n) is 2.51. The predicted octanol–water partition coefficient (Wildman–Crippen LogP) is 3.67. The molecule has 4 nitrogen and oxygen atoms in total. The molecule has 0 amide bonds. The zero-order valence-electron chi connectivity index (χ0n) is 9.22. The van der Waals surface area contributed by atoms with Crippen LogP contribution in [0.25, 0.3) is 10.2 Å². The van der Waals surface area contributed by atoms with Gasteiger partial charge in [-0.1, -0.05) is 11.6 Å². The molecular weight excluding hydrogens is 268 g/mol. The third-order valence-corrected chi connectivity index (χ3v) is 3.66. The number of aromatic nitrogens is 2. The molecule has 18 heavy (non-hydrogen) atoms. The average molecular weight is 277 g/mol. The molecule has 0 radical (unpaired) electrons. The number of halogens is 1. The Kier molecular flexibility index (Phi) is 2.77. The molecule has 3 N–H and O–H groups in total. The number of hydrogen-bond donors (Lipinski definition) is 2. The Morgan fingerprint density at radius 2 is 2.11 bits per heavy atom. The van der Waals surface area contributed by atoms with E-state index in [1.807, 2.05) is 11.4 Å². The fourth-order valence-corrected chi connectivity index (χ4v) is 2.55. The van der Waals surface area contributed by atoms with Gasteiger partial charge in [-0.2, -0.15) is 0 Å². The van der Waals surface area contributed by atoms with Crippen LogP contribution in [-0.2, 0) is 0 Å². The van der Waals surface area contributed by atoms with Crippen LogP contribution in [-0.4, -0.2) is 9.97 Å². The van der Waals surface area contributed by atoms with Gasteiger partial charge in [0.2, 0.25) is 0 Å². The lowest BCUT2D eigenvalue weighted by Crippen LogP contribution is -1.96. The van der Waals surface area contributed by atoms with Crippen LogP contribution in [0.1, 0.15) is 0 Å². The number of hydrogen-bond acceptors (Lipinski definition) is 5. The van der Waals surface area contributed by atoms with Crippen molar-refractivity contribution in [3.05, 3.63) is 41.0 Å². The normalized spacial score (nSPS) is 10.7. The summed E-state index contributed by atoms with van der Waals surface area (Å²) in [4.78, 5) is 9.36. The van der Waals surface area contributed by atoms with Crippen LogP contribution in [0.5, 0.6) is 0 Å². The van der Waals surface area contributed by atoms with E-state index >= 15 is 0 Å². The van der Waals surface area contributed by atoms with Crippen molar-refractivity contribution in [2.45, 2.75) is 0 Å². The van der Waals surface area contributed by atoms with E-state index in [1.54, 1.807) is 29.5 Å². The fraction of sp³-hybridized carbons (Fsp3) is 0. The lowest BCUT2D eigenvalue weighted by Gasteiger charge is -2.08. The molecule has 2 aromatic heterocycles. The zero-order chi connectivity index (χ0) is 12.5. The van der Waals surface area contributed by atoms with Gasteiger partial charge in [-0.25, -0.2) is 9.97 Å². The largest absolute Gasteiger partial charge is 0.399 e. The van der Waals surface area contributed by atoms with Gasteiger partial charge in [0.05, 0.1) is 16.1 Å². The van der Waals surface area contributed by atoms with Gasteiger partial charge in [0.1, 0.15) is 17.0 Å². The van der Waals surface area contributed by atoms with Crippen molar-refractivity contribution < 1.29 is 0 Å². The maximum Gasteiger partial charge on any atom is 0.142 e. The summed E-state index contributed by atoms with van der Waals surface area (Å²) in [5.74, 6) is 0.730. The van der Waals surface area contributed by atoms with E-state index in [1.165, 1.54) is 6.33 Å². The molecule has 0 saturated carbocycles. The molecule has 3 aromatic rings. The molecule has 0 atom stereocenters. The zero-order valence-corrected chi connectivity index (χ0v) is 10.8. The molecule has 0 aliphatic rings. The minimum absolute atomic E-state index is 0.603. The maximum absolute atomic E-state index is 6.11. The van der Waals surface area contributed by atoms with E-state index in [0.717, 1.165) is 21.7 Å². The van der Waals surface area contributed by atoms with Crippen molar-refractivity contribution in [3.8, 4) is 0 Å². The average Bonchev–Trinajstić information content (AvgIpc) is 2.83. The third kappa shape index (κ3) is 1.98. The van der Waals surface area contributed by atoms with Crippen molar-refractivity contribution >= 4 is 50.3 Å². The monoisotopic (exact) mass is 276 g/mol. The fourth-order valence-electron chi connectivity index (χ4n) is 1.66. The van der Waals surface area contributed by atoms with Gasteiger partial charge in [0.15, 0.2) is 0 Å². The summed E-state index contributed by atoms with van der Waals surface area (Å²) in [7, 11) is 0. The van der Waals surface area contributed by atoms with Crippen LogP contribution in [0.3, 0.4) is 0 Å². The predicted molar refractivity (Wildman–Crippen MR) is 76.6 cm³/mol. The molecule has 0 aliphatic heterocycles. The standard InChI is InChI=1S/C12H9ClN4S/c13-9-2-1-7(14)5-10(9)17-11-8-3-4-18-12(8)16-6-15-11/h1-6H,14H2,(H,15,16,17). The highest BCUT2D eigenvalue weighted by molar-refractivity contribution is 7.16. The number of nitrogens with zero attached hydrogens (tertiary/aromatic N) is 2. The molecule has 0 bridgehead atoms. The van der Waals surface area contributed by atoms with Crippen molar-refractivity contribution in [2.24, 2.45) is 0 Å². The Balaban J connectivity index is 2.06. The highest BCUT2D eigenvalue weighted by Crippen LogP contribution is 2.30. The first kappa shape index (κ1) is 11.3. The summed E-state index contributed by atoms with van der Waals surface area (Å²) >= 11 is 7.68. The van der Waals surface area contributed by atoms with Crippen LogP contribution in [0.4, 0.5) is 17.2 Å². The van der Waals surface area contributed by atoms with Crippen molar-refractivity contribution in [2.75, 3.05) is 11.1 Å². The number of nitrogens with two attached hydrogens (primary N) is 1. The number of thiophene rings is 1. The molecule has 6 heteroatoms. The van der Waals surface area contributed by atoms with E-state index in [0.29, 0.717) is 10.7 Å². The van der Waals surface area contributed by atoms with E-state index in [-0.39, 0.29) is 0 Å². The number of fused-ring (bicyclic) bond motifs is 1. The Labute approximate surface area is 112 Å². The van der Waals surface area contributed by atoms with Crippen molar-refractivity contribution in [1.82, 2.24) is 9.97 Å². The number of nitrogens with one attached hydrogen (secondary N) is 1. The molecule has 0 fully saturated rings. The Morgan fingerprint density at radius 3 is 3.00 bits per heavy atom. The van der Waals surface area contributed by atoms with Crippen LogP contribution in [0.2, 0.25) is 5.02 Å². The lowest BCUT2D eigenvalue weighted by atomic mass is 10.2. The SMILES string of the molecule is Nc1ccc(Cl)c(Nc2ncnc3sccc23)c1. The molecule has 2 heterocycles. The van der Waals surface area contributed by atoms with E-state index < -0.39 is 0 Å². The van der Waals surface area contributed by atoms with Gasteiger partial charge in [0.25, 0.3) is 0 Å². The van der Waals surface area contributed by atoms with Gasteiger partial charge in [-0.05, 0) is 29.6 Å². The van der Waals surface area contributed by atoms with Gasteiger partial charge in [-0.15, -0.1) is 11.3 Å². The van der Waals surface area contributed by atoms with E-state index in [4.69, 9.17) is 17.3 Å². The summed E-state index contributed by atoms with van der Waals surface area (Å²) in [5.41, 5.74) is 7.13. The minimum atomic E-state index is 0.603. The van der Waals surface area contributed by atoms with Crippen LogP contribution in [0.15, 0.2) is 36.0 Å². The van der Waals surface area contributed by atoms with Gasteiger partial charge < -0.3 is 11.1 Å². The quantitative estimate of drug-likeness (QED) is 0.701. The van der Waals surface area contributed by atoms with Crippen LogP contribution < -0.4 is 11.1 Å². The number of anilines is 3. The van der Waals surface area contributed by atoms with Crippen molar-refractivity contribution in [1.29, 1.82) is 0 Å². The van der Waals surface area contributed by atoms with Crippen LogP contribution in [0, 0.1) is 0 Å². The topological polar surface area (TPSA) is 63.8 Å². The summed E-state index contributed by atoms with van der Waals surface area (Å²) < 4.78 is 0. The number of nitrogen functional groups attached to an aromatic ring is 1. The molecular formula is C12H9ClN4S. The van der Waals surface area contributed by atoms with Gasteiger partial charge in [-0.3, -0.25) is 0 Å². The van der Waals surface area contributed by atoms with Crippen LogP contribution >= 0.6 is 22.9 Å². The van der Waals surface area contributed by atoms with E-state index in [2.05, 4.69) is 15.3 Å². The molecule has 0 unspecified atom stereocenters. The Bertz CT molecular complexity index is 710. The van der Waals surface area contributed by atoms with Gasteiger partial charge >= 0.3 is 0 Å². The highest BCUT2D eigenvalue weighted by Gasteiger charge is 2.07. The molecule has 0 spiro atoms. The second kappa shape index (κ2) is 4.44. The first-order valence-electron chi connectivity index (χ1n) is 5.24. The van der Waals surface area contributed by atoms with Crippen molar-refractivity contribution in [3.63, 3.8) is 0 Å². The maximum atomic E-state index is 6.11. The smallest absolute Gasteiger partial charge is 0.142 e. The Morgan fingerprint density at radius 1 is 1.22 bits per heavy atom. The molecule has 90 valence electrons. The first-order chi connectivity index (χ1) is 8.74. The number of rotatable bonds is 2. The summed E-state index contributed by atoms with van der Waals surface area (Å²) in [6, 6.07) is 7.27.